The molecule has 8 heteroatoms. The zero-order chi connectivity index (χ0) is 10.9. The van der Waals surface area contributed by atoms with Crippen molar-refractivity contribution in [1.82, 2.24) is 4.98 Å². The summed E-state index contributed by atoms with van der Waals surface area (Å²) in [6.07, 6.45) is -2.04. The molecule has 0 fully saturated rings. The fourth-order valence-electron chi connectivity index (χ4n) is 0.877. The van der Waals surface area contributed by atoms with Gasteiger partial charge < -0.3 is 0 Å². The quantitative estimate of drug-likeness (QED) is 0.795. The van der Waals surface area contributed by atoms with Crippen molar-refractivity contribution in [3.63, 3.8) is 0 Å². The maximum Gasteiger partial charge on any atom is 0.268 e. The number of pyridine rings is 1. The fourth-order valence-corrected chi connectivity index (χ4v) is 1.92. The van der Waals surface area contributed by atoms with E-state index in [1.54, 1.807) is 0 Å². The van der Waals surface area contributed by atoms with Gasteiger partial charge in [0, 0.05) is 6.20 Å². The van der Waals surface area contributed by atoms with E-state index in [0.717, 1.165) is 12.3 Å². The number of hydrogen-bond acceptors (Lipinski definition) is 3. The molecule has 0 saturated carbocycles. The number of hydrogen-bond donors (Lipinski definition) is 1. The lowest BCUT2D eigenvalue weighted by molar-refractivity contribution is 0.147. The summed E-state index contributed by atoms with van der Waals surface area (Å²) in [7, 11) is -4.21. The minimum atomic E-state index is -4.21. The highest BCUT2D eigenvalue weighted by molar-refractivity contribution is 7.89. The summed E-state index contributed by atoms with van der Waals surface area (Å²) in [5.41, 5.74) is -0.864. The third-order valence-corrected chi connectivity index (χ3v) is 2.70. The van der Waals surface area contributed by atoms with Crippen LogP contribution in [0.1, 0.15) is 12.0 Å². The molecule has 1 aromatic rings. The average molecular weight is 243 g/mol. The van der Waals surface area contributed by atoms with Gasteiger partial charge in [0.2, 0.25) is 10.0 Å². The Morgan fingerprint density at radius 2 is 2.07 bits per heavy atom. The summed E-state index contributed by atoms with van der Waals surface area (Å²) in [5, 5.41) is 4.15. The van der Waals surface area contributed by atoms with Crippen molar-refractivity contribution in [2.75, 3.05) is 0 Å². The summed E-state index contributed by atoms with van der Waals surface area (Å²) in [6, 6.07) is 0.878. The Morgan fingerprint density at radius 3 is 2.43 bits per heavy atom. The van der Waals surface area contributed by atoms with E-state index < -0.39 is 32.1 Å². The molecule has 1 aromatic heterocycles. The number of aromatic nitrogens is 1. The maximum atomic E-state index is 12.4. The Hall–Kier alpha value is -0.790. The first-order valence-electron chi connectivity index (χ1n) is 3.29. The second kappa shape index (κ2) is 3.76. The minimum absolute atomic E-state index is 0.563. The van der Waals surface area contributed by atoms with Crippen LogP contribution in [-0.4, -0.2) is 13.4 Å². The summed E-state index contributed by atoms with van der Waals surface area (Å²) >= 11 is 5.32. The third-order valence-electron chi connectivity index (χ3n) is 1.43. The van der Waals surface area contributed by atoms with Gasteiger partial charge in [0.05, 0.1) is 10.5 Å². The van der Waals surface area contributed by atoms with E-state index in [4.69, 9.17) is 16.7 Å². The van der Waals surface area contributed by atoms with E-state index in [2.05, 4.69) is 4.98 Å². The zero-order valence-electron chi connectivity index (χ0n) is 6.62. The summed E-state index contributed by atoms with van der Waals surface area (Å²) < 4.78 is 46.5. The minimum Gasteiger partial charge on any atom is -0.244 e. The summed E-state index contributed by atoms with van der Waals surface area (Å²) in [5.74, 6) is 0. The molecule has 1 rings (SSSR count). The number of rotatable bonds is 2. The molecular formula is C6H5ClF2N2O2S. The smallest absolute Gasteiger partial charge is 0.244 e. The number of nitrogens with zero attached hydrogens (tertiary/aromatic N) is 1. The lowest BCUT2D eigenvalue weighted by Gasteiger charge is -2.07. The predicted molar refractivity (Wildman–Crippen MR) is 45.6 cm³/mol. The highest BCUT2D eigenvalue weighted by atomic mass is 35.5. The molecule has 0 radical (unpaired) electrons. The standard InChI is InChI=1S/C6H5ClF2N2O2S/c7-5-4(6(8)9)3(1-2-11-5)14(10,12)13/h1-2,6H,(H2,10,12,13). The Labute approximate surface area is 83.8 Å². The molecule has 0 spiro atoms. The van der Waals surface area contributed by atoms with Crippen molar-refractivity contribution < 1.29 is 17.2 Å². The Kier molecular flexibility index (Phi) is 3.03. The fraction of sp³-hybridized carbons (Fsp3) is 0.167. The second-order valence-electron chi connectivity index (χ2n) is 2.36. The van der Waals surface area contributed by atoms with Gasteiger partial charge in [0.15, 0.2) is 0 Å². The van der Waals surface area contributed by atoms with Crippen LogP contribution in [0.4, 0.5) is 8.78 Å². The molecule has 0 unspecified atom stereocenters. The molecule has 1 heterocycles. The number of halogens is 3. The van der Waals surface area contributed by atoms with Crippen molar-refractivity contribution in [1.29, 1.82) is 0 Å². The maximum absolute atomic E-state index is 12.4. The molecule has 78 valence electrons. The molecule has 0 saturated heterocycles. The SMILES string of the molecule is NS(=O)(=O)c1ccnc(Cl)c1C(F)F. The van der Waals surface area contributed by atoms with Crippen LogP contribution in [0, 0.1) is 0 Å². The van der Waals surface area contributed by atoms with Gasteiger partial charge >= 0.3 is 0 Å². The largest absolute Gasteiger partial charge is 0.268 e. The van der Waals surface area contributed by atoms with Crippen molar-refractivity contribution in [3.8, 4) is 0 Å². The van der Waals surface area contributed by atoms with Crippen LogP contribution in [0.3, 0.4) is 0 Å². The van der Waals surface area contributed by atoms with Crippen molar-refractivity contribution in [2.24, 2.45) is 5.14 Å². The van der Waals surface area contributed by atoms with Gasteiger partial charge in [0.25, 0.3) is 6.43 Å². The van der Waals surface area contributed by atoms with Gasteiger partial charge in [-0.2, -0.15) is 0 Å². The van der Waals surface area contributed by atoms with Crippen LogP contribution in [0.2, 0.25) is 5.15 Å². The number of sulfonamides is 1. The molecule has 0 atom stereocenters. The molecule has 14 heavy (non-hydrogen) atoms. The van der Waals surface area contributed by atoms with Crippen molar-refractivity contribution in [3.05, 3.63) is 23.0 Å². The van der Waals surface area contributed by atoms with Crippen molar-refractivity contribution >= 4 is 21.6 Å². The first kappa shape index (κ1) is 11.3. The predicted octanol–water partition coefficient (Wildman–Crippen LogP) is 1.32. The van der Waals surface area contributed by atoms with Gasteiger partial charge in [0.1, 0.15) is 5.15 Å². The lowest BCUT2D eigenvalue weighted by atomic mass is 10.3. The molecule has 2 N–H and O–H groups in total. The molecule has 0 aliphatic heterocycles. The van der Waals surface area contributed by atoms with E-state index in [9.17, 15) is 17.2 Å². The molecule has 0 aromatic carbocycles. The topological polar surface area (TPSA) is 73.1 Å². The average Bonchev–Trinajstić information content (AvgIpc) is 2.01. The van der Waals surface area contributed by atoms with Gasteiger partial charge in [-0.3, -0.25) is 0 Å². The Morgan fingerprint density at radius 1 is 1.50 bits per heavy atom. The van der Waals surface area contributed by atoms with Crippen LogP contribution in [0.15, 0.2) is 17.2 Å². The van der Waals surface area contributed by atoms with Crippen LogP contribution in [-0.2, 0) is 10.0 Å². The van der Waals surface area contributed by atoms with Gasteiger partial charge in [-0.25, -0.2) is 27.3 Å². The molecule has 0 amide bonds. The number of alkyl halides is 2. The summed E-state index contributed by atoms with van der Waals surface area (Å²) in [4.78, 5) is 2.64. The van der Waals surface area contributed by atoms with E-state index in [1.807, 2.05) is 0 Å². The third kappa shape index (κ3) is 2.17. The summed E-state index contributed by atoms with van der Waals surface area (Å²) in [6.45, 7) is 0. The Balaban J connectivity index is 3.52. The molecule has 0 bridgehead atoms. The highest BCUT2D eigenvalue weighted by Crippen LogP contribution is 2.30. The first-order valence-corrected chi connectivity index (χ1v) is 5.22. The van der Waals surface area contributed by atoms with Crippen LogP contribution >= 0.6 is 11.6 Å². The zero-order valence-corrected chi connectivity index (χ0v) is 8.19. The number of nitrogens with two attached hydrogens (primary N) is 1. The lowest BCUT2D eigenvalue weighted by Crippen LogP contribution is -2.15. The van der Waals surface area contributed by atoms with E-state index in [1.165, 1.54) is 0 Å². The molecule has 0 aliphatic carbocycles. The van der Waals surface area contributed by atoms with Crippen molar-refractivity contribution in [2.45, 2.75) is 11.3 Å². The monoisotopic (exact) mass is 242 g/mol. The van der Waals surface area contributed by atoms with Gasteiger partial charge in [-0.15, -0.1) is 0 Å². The second-order valence-corrected chi connectivity index (χ2v) is 4.25. The first-order chi connectivity index (χ1) is 6.34. The molecular weight excluding hydrogens is 238 g/mol. The Bertz CT molecular complexity index is 449. The number of primary sulfonamides is 1. The van der Waals surface area contributed by atoms with Crippen LogP contribution in [0.5, 0.6) is 0 Å². The van der Waals surface area contributed by atoms with E-state index in [0.29, 0.717) is 0 Å². The molecule has 4 nitrogen and oxygen atoms in total. The van der Waals surface area contributed by atoms with E-state index >= 15 is 0 Å². The highest BCUT2D eigenvalue weighted by Gasteiger charge is 2.23. The van der Waals surface area contributed by atoms with E-state index in [-0.39, 0.29) is 0 Å². The van der Waals surface area contributed by atoms with Crippen LogP contribution in [0.25, 0.3) is 0 Å². The van der Waals surface area contributed by atoms with Gasteiger partial charge in [-0.05, 0) is 6.07 Å². The molecule has 0 aliphatic rings. The normalized spacial score (nSPS) is 12.1. The van der Waals surface area contributed by atoms with Gasteiger partial charge in [-0.1, -0.05) is 11.6 Å². The van der Waals surface area contributed by atoms with Crippen LogP contribution < -0.4 is 5.14 Å².